The summed E-state index contributed by atoms with van der Waals surface area (Å²) in [7, 11) is 0. The van der Waals surface area contributed by atoms with E-state index in [9.17, 15) is 9.59 Å². The number of carbonyl (C=O) groups is 2. The summed E-state index contributed by atoms with van der Waals surface area (Å²) in [5.74, 6) is -1.22. The number of hydrogen-bond acceptors (Lipinski definition) is 3. The molecule has 0 spiro atoms. The van der Waals surface area contributed by atoms with Gasteiger partial charge in [-0.1, -0.05) is 17.7 Å². The Balaban J connectivity index is 2.93. The van der Waals surface area contributed by atoms with Gasteiger partial charge in [-0.25, -0.2) is 4.79 Å². The first-order valence-electron chi connectivity index (χ1n) is 4.59. The zero-order chi connectivity index (χ0) is 10.8. The van der Waals surface area contributed by atoms with Crippen LogP contribution in [-0.2, 0) is 14.3 Å². The summed E-state index contributed by atoms with van der Waals surface area (Å²) in [5, 5.41) is 0. The molecule has 0 aromatic carbocycles. The predicted molar refractivity (Wildman–Crippen MR) is 53.1 cm³/mol. The molecule has 0 saturated heterocycles. The van der Waals surface area contributed by atoms with Gasteiger partial charge < -0.3 is 4.74 Å². The van der Waals surface area contributed by atoms with Gasteiger partial charge in [-0.15, -0.1) is 6.58 Å². The van der Waals surface area contributed by atoms with Crippen LogP contribution in [0.25, 0.3) is 0 Å². The van der Waals surface area contributed by atoms with Crippen LogP contribution in [0.4, 0.5) is 0 Å². The number of alkyl halides is 1. The molecule has 0 amide bonds. The van der Waals surface area contributed by atoms with Gasteiger partial charge >= 0.3 is 5.97 Å². The second-order valence-electron chi connectivity index (χ2n) is 3.24. The molecule has 0 aliphatic heterocycles. The van der Waals surface area contributed by atoms with E-state index in [4.69, 9.17) is 16.3 Å². The van der Waals surface area contributed by atoms with Gasteiger partial charge in [-0.2, -0.15) is 0 Å². The summed E-state index contributed by atoms with van der Waals surface area (Å²) in [4.78, 5) is 21.5. The van der Waals surface area contributed by atoms with Gasteiger partial charge in [0.2, 0.25) is 4.87 Å². The Kier molecular flexibility index (Phi) is 3.32. The van der Waals surface area contributed by atoms with E-state index in [0.29, 0.717) is 12.8 Å². The largest absolute Gasteiger partial charge is 0.464 e. The lowest BCUT2D eigenvalue weighted by atomic mass is 9.95. The summed E-state index contributed by atoms with van der Waals surface area (Å²) < 4.78 is 4.79. The van der Waals surface area contributed by atoms with Gasteiger partial charge in [0.15, 0.2) is 5.78 Å². The molecule has 0 aromatic heterocycles. The van der Waals surface area contributed by atoms with Crippen LogP contribution in [0.1, 0.15) is 19.8 Å². The minimum absolute atomic E-state index is 0.227. The number of carbonyl (C=O) groups excluding carboxylic acids is 2. The number of hydrogen-bond donors (Lipinski definition) is 0. The highest BCUT2D eigenvalue weighted by Crippen LogP contribution is 2.40. The Bertz CT molecular complexity index is 275. The number of esters is 1. The number of ketones is 1. The quantitative estimate of drug-likeness (QED) is 0.312. The molecule has 0 heterocycles. The Morgan fingerprint density at radius 3 is 3.00 bits per heavy atom. The molecular formula is C10H13ClO3. The average molecular weight is 217 g/mol. The van der Waals surface area contributed by atoms with Crippen molar-refractivity contribution in [3.8, 4) is 0 Å². The fraction of sp³-hybridized carbons (Fsp3) is 0.600. The summed E-state index contributed by atoms with van der Waals surface area (Å²) in [6.07, 6.45) is 2.44. The number of rotatable bonds is 3. The van der Waals surface area contributed by atoms with E-state index < -0.39 is 10.8 Å². The van der Waals surface area contributed by atoms with Crippen molar-refractivity contribution < 1.29 is 14.3 Å². The zero-order valence-electron chi connectivity index (χ0n) is 8.09. The molecule has 0 bridgehead atoms. The Morgan fingerprint density at radius 1 is 1.86 bits per heavy atom. The van der Waals surface area contributed by atoms with Crippen LogP contribution in [0, 0.1) is 5.92 Å². The molecule has 0 radical (unpaired) electrons. The highest BCUT2D eigenvalue weighted by molar-refractivity contribution is 6.46. The molecule has 1 aliphatic rings. The van der Waals surface area contributed by atoms with E-state index in [1.807, 2.05) is 0 Å². The van der Waals surface area contributed by atoms with Crippen molar-refractivity contribution in [2.24, 2.45) is 5.92 Å². The molecule has 3 nitrogen and oxygen atoms in total. The van der Waals surface area contributed by atoms with Gasteiger partial charge in [0, 0.05) is 12.3 Å². The van der Waals surface area contributed by atoms with Gasteiger partial charge in [0.1, 0.15) is 0 Å². The first-order chi connectivity index (χ1) is 6.57. The van der Waals surface area contributed by atoms with Crippen molar-refractivity contribution in [1.29, 1.82) is 0 Å². The summed E-state index contributed by atoms with van der Waals surface area (Å²) in [5.41, 5.74) is 0. The molecule has 0 unspecified atom stereocenters. The number of ether oxygens (including phenoxy) is 1. The smallest absolute Gasteiger partial charge is 0.335 e. The lowest BCUT2D eigenvalue weighted by Gasteiger charge is -2.22. The van der Waals surface area contributed by atoms with Crippen LogP contribution in [0.3, 0.4) is 0 Å². The fourth-order valence-corrected chi connectivity index (χ4v) is 2.00. The molecule has 0 N–H and O–H groups in total. The maximum absolute atomic E-state index is 11.5. The first-order valence-corrected chi connectivity index (χ1v) is 4.97. The van der Waals surface area contributed by atoms with Gasteiger partial charge in [-0.05, 0) is 13.3 Å². The first kappa shape index (κ1) is 11.2. The third-order valence-corrected chi connectivity index (χ3v) is 3.10. The molecule has 2 atom stereocenters. The molecule has 1 fully saturated rings. The van der Waals surface area contributed by atoms with Crippen molar-refractivity contribution in [1.82, 2.24) is 0 Å². The molecule has 78 valence electrons. The number of halogens is 1. The standard InChI is InChI=1S/C10H13ClO3/c1-3-7-5-6-8(12)10(7,11)9(13)14-4-2/h3,7H,1,4-6H2,2H3/t7-,10+/m0/s1. The molecule has 1 saturated carbocycles. The Morgan fingerprint density at radius 2 is 2.50 bits per heavy atom. The second-order valence-corrected chi connectivity index (χ2v) is 3.83. The lowest BCUT2D eigenvalue weighted by Crippen LogP contribution is -2.43. The molecule has 1 rings (SSSR count). The zero-order valence-corrected chi connectivity index (χ0v) is 8.84. The van der Waals surface area contributed by atoms with Crippen molar-refractivity contribution >= 4 is 23.4 Å². The van der Waals surface area contributed by atoms with E-state index in [2.05, 4.69) is 6.58 Å². The average Bonchev–Trinajstić information content (AvgIpc) is 2.45. The van der Waals surface area contributed by atoms with Crippen molar-refractivity contribution in [3.63, 3.8) is 0 Å². The van der Waals surface area contributed by atoms with Gasteiger partial charge in [0.05, 0.1) is 6.61 Å². The second kappa shape index (κ2) is 4.13. The normalized spacial score (nSPS) is 31.6. The maximum atomic E-state index is 11.5. The van der Waals surface area contributed by atoms with Crippen LogP contribution in [-0.4, -0.2) is 23.2 Å². The van der Waals surface area contributed by atoms with Crippen LogP contribution in [0.15, 0.2) is 12.7 Å². The van der Waals surface area contributed by atoms with E-state index in [1.54, 1.807) is 13.0 Å². The van der Waals surface area contributed by atoms with Crippen LogP contribution in [0.5, 0.6) is 0 Å². The van der Waals surface area contributed by atoms with Gasteiger partial charge in [0.25, 0.3) is 0 Å². The van der Waals surface area contributed by atoms with Crippen molar-refractivity contribution in [2.45, 2.75) is 24.6 Å². The van der Waals surface area contributed by atoms with Gasteiger partial charge in [-0.3, -0.25) is 4.79 Å². The fourth-order valence-electron chi connectivity index (χ4n) is 1.66. The third-order valence-electron chi connectivity index (χ3n) is 2.46. The maximum Gasteiger partial charge on any atom is 0.335 e. The van der Waals surface area contributed by atoms with Crippen molar-refractivity contribution in [3.05, 3.63) is 12.7 Å². The van der Waals surface area contributed by atoms with Crippen LogP contribution >= 0.6 is 11.6 Å². The van der Waals surface area contributed by atoms with E-state index >= 15 is 0 Å². The Hall–Kier alpha value is -0.830. The highest BCUT2D eigenvalue weighted by atomic mass is 35.5. The minimum atomic E-state index is -1.52. The highest BCUT2D eigenvalue weighted by Gasteiger charge is 2.54. The monoisotopic (exact) mass is 216 g/mol. The van der Waals surface area contributed by atoms with E-state index in [0.717, 1.165) is 0 Å². The molecule has 1 aliphatic carbocycles. The SMILES string of the molecule is C=C[C@H]1CCC(=O)[C@@]1(Cl)C(=O)OCC. The number of Topliss-reactive ketones (excluding diaryl/α,β-unsaturated/α-hetero) is 1. The Labute approximate surface area is 88.1 Å². The van der Waals surface area contributed by atoms with Crippen LogP contribution < -0.4 is 0 Å². The molecular weight excluding hydrogens is 204 g/mol. The van der Waals surface area contributed by atoms with Crippen molar-refractivity contribution in [2.75, 3.05) is 6.61 Å². The number of allylic oxidation sites excluding steroid dienone is 1. The summed E-state index contributed by atoms with van der Waals surface area (Å²) in [6, 6.07) is 0. The predicted octanol–water partition coefficient (Wildman–Crippen LogP) is 1.69. The minimum Gasteiger partial charge on any atom is -0.464 e. The van der Waals surface area contributed by atoms with E-state index in [1.165, 1.54) is 0 Å². The summed E-state index contributed by atoms with van der Waals surface area (Å²) in [6.45, 7) is 5.48. The third kappa shape index (κ3) is 1.57. The summed E-state index contributed by atoms with van der Waals surface area (Å²) >= 11 is 6.02. The van der Waals surface area contributed by atoms with Crippen LogP contribution in [0.2, 0.25) is 0 Å². The lowest BCUT2D eigenvalue weighted by molar-refractivity contribution is -0.149. The topological polar surface area (TPSA) is 43.4 Å². The van der Waals surface area contributed by atoms with E-state index in [-0.39, 0.29) is 18.3 Å². The molecule has 4 heteroatoms. The molecule has 0 aromatic rings. The molecule has 14 heavy (non-hydrogen) atoms.